The van der Waals surface area contributed by atoms with Crippen molar-refractivity contribution in [3.8, 4) is 0 Å². The van der Waals surface area contributed by atoms with Crippen LogP contribution in [-0.2, 0) is 6.54 Å². The summed E-state index contributed by atoms with van der Waals surface area (Å²) in [6.45, 7) is 8.69. The molecule has 2 rings (SSSR count). The van der Waals surface area contributed by atoms with Crippen molar-refractivity contribution in [3.63, 3.8) is 0 Å². The molecule has 0 amide bonds. The predicted molar refractivity (Wildman–Crippen MR) is 83.9 cm³/mol. The Morgan fingerprint density at radius 1 is 1.15 bits per heavy atom. The topological polar surface area (TPSA) is 68.1 Å². The van der Waals surface area contributed by atoms with Crippen LogP contribution in [0.15, 0.2) is 30.3 Å². The average molecular weight is 277 g/mol. The standard InChI is InChI=1S/C11H11N3O2.2C2H6/c1-12-7-9-3-2-8-6-10(14(15)16)4-5-11(8)13-9;2*1-2/h2-6,12H,7H2,1H3;2*1-2H3. The zero-order valence-corrected chi connectivity index (χ0v) is 12.8. The molecule has 0 spiro atoms. The third-order valence-electron chi connectivity index (χ3n) is 2.30. The van der Waals surface area contributed by atoms with Gasteiger partial charge in [0.25, 0.3) is 5.69 Å². The van der Waals surface area contributed by atoms with Gasteiger partial charge in [-0.1, -0.05) is 33.8 Å². The third kappa shape index (κ3) is 4.93. The van der Waals surface area contributed by atoms with Gasteiger partial charge < -0.3 is 5.32 Å². The molecule has 0 atom stereocenters. The summed E-state index contributed by atoms with van der Waals surface area (Å²) in [4.78, 5) is 14.6. The van der Waals surface area contributed by atoms with Gasteiger partial charge in [0.15, 0.2) is 0 Å². The van der Waals surface area contributed by atoms with E-state index >= 15 is 0 Å². The van der Waals surface area contributed by atoms with Crippen molar-refractivity contribution in [1.29, 1.82) is 0 Å². The minimum Gasteiger partial charge on any atom is -0.314 e. The van der Waals surface area contributed by atoms with Gasteiger partial charge in [0.1, 0.15) is 0 Å². The molecule has 2 aromatic rings. The largest absolute Gasteiger partial charge is 0.314 e. The zero-order chi connectivity index (χ0) is 15.5. The first kappa shape index (κ1) is 18.0. The van der Waals surface area contributed by atoms with Gasteiger partial charge in [-0.2, -0.15) is 0 Å². The summed E-state index contributed by atoms with van der Waals surface area (Å²) in [5.74, 6) is 0. The molecule has 5 heteroatoms. The summed E-state index contributed by atoms with van der Waals surface area (Å²) in [5.41, 5.74) is 1.79. The SMILES string of the molecule is CC.CC.CNCc1ccc2cc([N+](=O)[O-])ccc2n1. The summed E-state index contributed by atoms with van der Waals surface area (Å²) in [7, 11) is 1.85. The summed E-state index contributed by atoms with van der Waals surface area (Å²) < 4.78 is 0. The fourth-order valence-corrected chi connectivity index (χ4v) is 1.55. The molecule has 0 aliphatic heterocycles. The van der Waals surface area contributed by atoms with E-state index in [2.05, 4.69) is 10.3 Å². The van der Waals surface area contributed by atoms with E-state index in [9.17, 15) is 10.1 Å². The zero-order valence-electron chi connectivity index (χ0n) is 12.8. The molecule has 1 aromatic heterocycles. The molecular weight excluding hydrogens is 254 g/mol. The molecule has 1 aromatic carbocycles. The molecule has 1 N–H and O–H groups in total. The van der Waals surface area contributed by atoms with Crippen molar-refractivity contribution < 1.29 is 4.92 Å². The average Bonchev–Trinajstić information content (AvgIpc) is 2.51. The van der Waals surface area contributed by atoms with Crippen molar-refractivity contribution >= 4 is 16.6 Å². The maximum absolute atomic E-state index is 10.6. The van der Waals surface area contributed by atoms with Crippen LogP contribution >= 0.6 is 0 Å². The second-order valence-electron chi connectivity index (χ2n) is 3.47. The van der Waals surface area contributed by atoms with Crippen molar-refractivity contribution in [2.75, 3.05) is 7.05 Å². The Labute approximate surface area is 120 Å². The molecule has 5 nitrogen and oxygen atoms in total. The summed E-state index contributed by atoms with van der Waals surface area (Å²) in [6.07, 6.45) is 0. The highest BCUT2D eigenvalue weighted by atomic mass is 16.6. The number of hydrogen-bond acceptors (Lipinski definition) is 4. The molecule has 0 saturated carbocycles. The number of non-ortho nitro benzene ring substituents is 1. The number of nitro groups is 1. The quantitative estimate of drug-likeness (QED) is 0.682. The summed E-state index contributed by atoms with van der Waals surface area (Å²) >= 11 is 0. The monoisotopic (exact) mass is 277 g/mol. The van der Waals surface area contributed by atoms with Gasteiger partial charge in [-0.05, 0) is 19.2 Å². The number of aromatic nitrogens is 1. The fourth-order valence-electron chi connectivity index (χ4n) is 1.55. The fraction of sp³-hybridized carbons (Fsp3) is 0.400. The van der Waals surface area contributed by atoms with Crippen LogP contribution in [0.2, 0.25) is 0 Å². The first-order valence-corrected chi connectivity index (χ1v) is 6.89. The highest BCUT2D eigenvalue weighted by Crippen LogP contribution is 2.19. The first-order valence-electron chi connectivity index (χ1n) is 6.89. The molecule has 0 aliphatic rings. The maximum Gasteiger partial charge on any atom is 0.270 e. The van der Waals surface area contributed by atoms with E-state index in [4.69, 9.17) is 0 Å². The van der Waals surface area contributed by atoms with Gasteiger partial charge in [0.2, 0.25) is 0 Å². The van der Waals surface area contributed by atoms with Crippen LogP contribution in [0.5, 0.6) is 0 Å². The predicted octanol–water partition coefficient (Wildman–Crippen LogP) is 3.91. The van der Waals surface area contributed by atoms with Crippen molar-refractivity contribution in [2.24, 2.45) is 0 Å². The number of nitrogens with one attached hydrogen (secondary N) is 1. The highest BCUT2D eigenvalue weighted by molar-refractivity contribution is 5.81. The Morgan fingerprint density at radius 2 is 1.80 bits per heavy atom. The smallest absolute Gasteiger partial charge is 0.270 e. The Morgan fingerprint density at radius 3 is 2.35 bits per heavy atom. The Kier molecular flexibility index (Phi) is 8.87. The Balaban J connectivity index is 0.000000829. The molecule has 0 unspecified atom stereocenters. The number of pyridine rings is 1. The minimum absolute atomic E-state index is 0.0932. The lowest BCUT2D eigenvalue weighted by atomic mass is 10.2. The second-order valence-corrected chi connectivity index (χ2v) is 3.47. The van der Waals surface area contributed by atoms with Crippen LogP contribution in [0.1, 0.15) is 33.4 Å². The van der Waals surface area contributed by atoms with Gasteiger partial charge >= 0.3 is 0 Å². The maximum atomic E-state index is 10.6. The molecule has 20 heavy (non-hydrogen) atoms. The van der Waals surface area contributed by atoms with E-state index in [1.807, 2.05) is 46.9 Å². The Hall–Kier alpha value is -2.01. The summed E-state index contributed by atoms with van der Waals surface area (Å²) in [6, 6.07) is 8.39. The van der Waals surface area contributed by atoms with Crippen LogP contribution in [0.3, 0.4) is 0 Å². The third-order valence-corrected chi connectivity index (χ3v) is 2.30. The Bertz CT molecular complexity index is 542. The molecule has 0 fully saturated rings. The van der Waals surface area contributed by atoms with Gasteiger partial charge in [0, 0.05) is 24.1 Å². The van der Waals surface area contributed by atoms with Gasteiger partial charge in [-0.3, -0.25) is 15.1 Å². The van der Waals surface area contributed by atoms with Crippen LogP contribution in [0.4, 0.5) is 5.69 Å². The highest BCUT2D eigenvalue weighted by Gasteiger charge is 2.06. The van der Waals surface area contributed by atoms with Gasteiger partial charge in [-0.15, -0.1) is 0 Å². The number of nitro benzene ring substituents is 1. The molecule has 0 radical (unpaired) electrons. The minimum atomic E-state index is -0.402. The molecular formula is C15H23N3O2. The van der Waals surface area contributed by atoms with E-state index < -0.39 is 4.92 Å². The molecule has 0 aliphatic carbocycles. The van der Waals surface area contributed by atoms with Crippen LogP contribution in [0, 0.1) is 10.1 Å². The van der Waals surface area contributed by atoms with Crippen LogP contribution < -0.4 is 5.32 Å². The normalized spacial score (nSPS) is 9.05. The lowest BCUT2D eigenvalue weighted by Crippen LogP contribution is -2.06. The number of benzene rings is 1. The first-order chi connectivity index (χ1) is 9.70. The number of fused-ring (bicyclic) bond motifs is 1. The lowest BCUT2D eigenvalue weighted by Gasteiger charge is -2.01. The van der Waals surface area contributed by atoms with Crippen molar-refractivity contribution in [3.05, 3.63) is 46.1 Å². The van der Waals surface area contributed by atoms with Gasteiger partial charge in [-0.25, -0.2) is 0 Å². The molecule has 0 bridgehead atoms. The van der Waals surface area contributed by atoms with E-state index in [1.54, 1.807) is 6.07 Å². The van der Waals surface area contributed by atoms with Crippen molar-refractivity contribution in [1.82, 2.24) is 10.3 Å². The lowest BCUT2D eigenvalue weighted by molar-refractivity contribution is -0.384. The molecule has 1 heterocycles. The van der Waals surface area contributed by atoms with Gasteiger partial charge in [0.05, 0.1) is 16.1 Å². The van der Waals surface area contributed by atoms with Crippen LogP contribution in [-0.4, -0.2) is 17.0 Å². The van der Waals surface area contributed by atoms with E-state index in [-0.39, 0.29) is 5.69 Å². The number of rotatable bonds is 3. The van der Waals surface area contributed by atoms with Crippen LogP contribution in [0.25, 0.3) is 10.9 Å². The molecule has 0 saturated heterocycles. The number of nitrogens with zero attached hydrogens (tertiary/aromatic N) is 2. The van der Waals surface area contributed by atoms with E-state index in [0.29, 0.717) is 6.54 Å². The number of hydrogen-bond donors (Lipinski definition) is 1. The van der Waals surface area contributed by atoms with E-state index in [1.165, 1.54) is 12.1 Å². The van der Waals surface area contributed by atoms with E-state index in [0.717, 1.165) is 16.6 Å². The second kappa shape index (κ2) is 9.86. The summed E-state index contributed by atoms with van der Waals surface area (Å²) in [5, 5.41) is 14.4. The van der Waals surface area contributed by atoms with Crippen molar-refractivity contribution in [2.45, 2.75) is 34.2 Å². The molecule has 110 valence electrons.